The van der Waals surface area contributed by atoms with Crippen molar-refractivity contribution in [3.8, 4) is 0 Å². The van der Waals surface area contributed by atoms with Crippen molar-refractivity contribution in [2.45, 2.75) is 38.3 Å². The lowest BCUT2D eigenvalue weighted by Crippen LogP contribution is -2.61. The van der Waals surface area contributed by atoms with Crippen LogP contribution < -0.4 is 5.73 Å². The van der Waals surface area contributed by atoms with E-state index in [-0.39, 0.29) is 11.4 Å². The third-order valence-corrected chi connectivity index (χ3v) is 3.99. The van der Waals surface area contributed by atoms with Gasteiger partial charge in [-0.15, -0.1) is 0 Å². The Bertz CT molecular complexity index is 311. The number of nitrogens with zero attached hydrogens (tertiary/aromatic N) is 2. The van der Waals surface area contributed by atoms with Crippen LogP contribution in [0.1, 0.15) is 27.2 Å². The van der Waals surface area contributed by atoms with E-state index in [4.69, 9.17) is 10.5 Å². The average Bonchev–Trinajstić information content (AvgIpc) is 2.75. The Balaban J connectivity index is 1.92. The fraction of sp³-hybridized carbons (Fsp3) is 0.923. The molecular formula is C13H25N3O2. The summed E-state index contributed by atoms with van der Waals surface area (Å²) in [5.74, 6) is 0.0635. The number of ether oxygens (including phenoxy) is 1. The Kier molecular flexibility index (Phi) is 3.67. The van der Waals surface area contributed by atoms with Crippen LogP contribution in [0.5, 0.6) is 0 Å². The van der Waals surface area contributed by atoms with Crippen molar-refractivity contribution in [1.29, 1.82) is 0 Å². The Morgan fingerprint density at radius 1 is 1.22 bits per heavy atom. The molecule has 2 N–H and O–H groups in total. The molecule has 18 heavy (non-hydrogen) atoms. The van der Waals surface area contributed by atoms with Crippen LogP contribution in [0.4, 0.5) is 0 Å². The average molecular weight is 255 g/mol. The molecular weight excluding hydrogens is 230 g/mol. The van der Waals surface area contributed by atoms with Crippen molar-refractivity contribution in [1.82, 2.24) is 9.80 Å². The molecule has 0 saturated carbocycles. The van der Waals surface area contributed by atoms with E-state index in [1.165, 1.54) is 0 Å². The molecule has 5 nitrogen and oxygen atoms in total. The van der Waals surface area contributed by atoms with Crippen LogP contribution in [0.2, 0.25) is 0 Å². The summed E-state index contributed by atoms with van der Waals surface area (Å²) < 4.78 is 5.26. The van der Waals surface area contributed by atoms with Crippen LogP contribution >= 0.6 is 0 Å². The van der Waals surface area contributed by atoms with Crippen molar-refractivity contribution >= 4 is 5.91 Å². The number of hydrogen-bond donors (Lipinski definition) is 1. The molecule has 0 aliphatic carbocycles. The smallest absolute Gasteiger partial charge is 0.245 e. The summed E-state index contributed by atoms with van der Waals surface area (Å²) in [5.41, 5.74) is 5.52. The Hall–Kier alpha value is -0.650. The number of carbonyl (C=O) groups excluding carboxylic acids is 1. The van der Waals surface area contributed by atoms with Crippen molar-refractivity contribution in [3.63, 3.8) is 0 Å². The molecule has 2 heterocycles. The van der Waals surface area contributed by atoms with Crippen molar-refractivity contribution < 1.29 is 9.53 Å². The fourth-order valence-corrected chi connectivity index (χ4v) is 2.64. The van der Waals surface area contributed by atoms with E-state index in [1.807, 2.05) is 4.90 Å². The molecule has 5 heteroatoms. The summed E-state index contributed by atoms with van der Waals surface area (Å²) in [5, 5.41) is 0. The second-order valence-electron chi connectivity index (χ2n) is 6.41. The summed E-state index contributed by atoms with van der Waals surface area (Å²) in [6.07, 6.45) is 0.644. The largest absolute Gasteiger partial charge is 0.379 e. The van der Waals surface area contributed by atoms with Crippen LogP contribution in [-0.4, -0.2) is 66.2 Å². The van der Waals surface area contributed by atoms with E-state index >= 15 is 0 Å². The summed E-state index contributed by atoms with van der Waals surface area (Å²) in [6, 6.07) is 0. The quantitative estimate of drug-likeness (QED) is 0.719. The predicted molar refractivity (Wildman–Crippen MR) is 70.3 cm³/mol. The molecule has 1 amide bonds. The van der Waals surface area contributed by atoms with Gasteiger partial charge in [0.2, 0.25) is 5.91 Å². The summed E-state index contributed by atoms with van der Waals surface area (Å²) in [6.45, 7) is 11.0. The van der Waals surface area contributed by atoms with Gasteiger partial charge in [0.25, 0.3) is 0 Å². The highest BCUT2D eigenvalue weighted by atomic mass is 16.5. The highest BCUT2D eigenvalue weighted by Crippen LogP contribution is 2.21. The van der Waals surface area contributed by atoms with Gasteiger partial charge < -0.3 is 15.4 Å². The van der Waals surface area contributed by atoms with Crippen molar-refractivity contribution in [2.24, 2.45) is 5.73 Å². The lowest BCUT2D eigenvalue weighted by Gasteiger charge is -2.43. The minimum atomic E-state index is -0.774. The first-order valence-corrected chi connectivity index (χ1v) is 6.74. The van der Waals surface area contributed by atoms with Gasteiger partial charge in [-0.05, 0) is 27.2 Å². The number of nitrogens with two attached hydrogens (primary N) is 1. The van der Waals surface area contributed by atoms with Crippen LogP contribution in [0.15, 0.2) is 0 Å². The molecule has 1 unspecified atom stereocenters. The number of hydrogen-bond acceptors (Lipinski definition) is 4. The van der Waals surface area contributed by atoms with Gasteiger partial charge in [-0.2, -0.15) is 0 Å². The molecule has 104 valence electrons. The standard InChI is InChI=1S/C13H25N3O2/c1-12(2,3)16-7-5-15(6-8-16)11(17)13(14)4-9-18-10-13/h4-10,14H2,1-3H3. The maximum Gasteiger partial charge on any atom is 0.245 e. The van der Waals surface area contributed by atoms with E-state index in [0.29, 0.717) is 19.6 Å². The van der Waals surface area contributed by atoms with Crippen LogP contribution in [0.3, 0.4) is 0 Å². The van der Waals surface area contributed by atoms with Gasteiger partial charge in [0.1, 0.15) is 5.54 Å². The van der Waals surface area contributed by atoms with E-state index in [9.17, 15) is 4.79 Å². The molecule has 2 fully saturated rings. The lowest BCUT2D eigenvalue weighted by atomic mass is 9.97. The Labute approximate surface area is 109 Å². The normalized spacial score (nSPS) is 30.8. The molecule has 2 rings (SSSR count). The van der Waals surface area contributed by atoms with Gasteiger partial charge in [0.15, 0.2) is 0 Å². The van der Waals surface area contributed by atoms with Gasteiger partial charge in [-0.1, -0.05) is 0 Å². The number of amides is 1. The van der Waals surface area contributed by atoms with Crippen LogP contribution in [0, 0.1) is 0 Å². The highest BCUT2D eigenvalue weighted by molar-refractivity contribution is 5.86. The molecule has 1 atom stereocenters. The monoisotopic (exact) mass is 255 g/mol. The van der Waals surface area contributed by atoms with E-state index in [0.717, 1.165) is 26.2 Å². The molecule has 0 radical (unpaired) electrons. The first-order chi connectivity index (χ1) is 8.33. The van der Waals surface area contributed by atoms with E-state index in [2.05, 4.69) is 25.7 Å². The van der Waals surface area contributed by atoms with Gasteiger partial charge in [0, 0.05) is 38.3 Å². The van der Waals surface area contributed by atoms with Gasteiger partial charge >= 0.3 is 0 Å². The van der Waals surface area contributed by atoms with E-state index < -0.39 is 5.54 Å². The number of rotatable bonds is 1. The van der Waals surface area contributed by atoms with Gasteiger partial charge in [-0.3, -0.25) is 9.69 Å². The summed E-state index contributed by atoms with van der Waals surface area (Å²) in [7, 11) is 0. The predicted octanol–water partition coefficient (Wildman–Crippen LogP) is 0.0469. The molecule has 0 aromatic rings. The second kappa shape index (κ2) is 4.79. The zero-order valence-electron chi connectivity index (χ0n) is 11.7. The third-order valence-electron chi connectivity index (χ3n) is 3.99. The first-order valence-electron chi connectivity index (χ1n) is 6.74. The molecule has 2 aliphatic rings. The first kappa shape index (κ1) is 13.8. The minimum Gasteiger partial charge on any atom is -0.379 e. The molecule has 0 bridgehead atoms. The van der Waals surface area contributed by atoms with E-state index in [1.54, 1.807) is 0 Å². The molecule has 0 aromatic carbocycles. The summed E-state index contributed by atoms with van der Waals surface area (Å²) >= 11 is 0. The molecule has 0 aromatic heterocycles. The highest BCUT2D eigenvalue weighted by Gasteiger charge is 2.42. The zero-order valence-corrected chi connectivity index (χ0v) is 11.7. The third kappa shape index (κ3) is 2.68. The molecule has 0 spiro atoms. The topological polar surface area (TPSA) is 58.8 Å². The zero-order chi connectivity index (χ0) is 13.4. The maximum absolute atomic E-state index is 12.4. The fourth-order valence-electron chi connectivity index (χ4n) is 2.64. The van der Waals surface area contributed by atoms with Gasteiger partial charge in [-0.25, -0.2) is 0 Å². The van der Waals surface area contributed by atoms with Gasteiger partial charge in [0.05, 0.1) is 6.61 Å². The second-order valence-corrected chi connectivity index (χ2v) is 6.41. The molecule has 2 saturated heterocycles. The molecule has 2 aliphatic heterocycles. The summed E-state index contributed by atoms with van der Waals surface area (Å²) in [4.78, 5) is 16.7. The van der Waals surface area contributed by atoms with Crippen LogP contribution in [0.25, 0.3) is 0 Å². The van der Waals surface area contributed by atoms with Crippen LogP contribution in [-0.2, 0) is 9.53 Å². The maximum atomic E-state index is 12.4. The SMILES string of the molecule is CC(C)(C)N1CCN(C(=O)C2(N)CCOC2)CC1. The van der Waals surface area contributed by atoms with Crippen molar-refractivity contribution in [3.05, 3.63) is 0 Å². The van der Waals surface area contributed by atoms with Crippen molar-refractivity contribution in [2.75, 3.05) is 39.4 Å². The lowest BCUT2D eigenvalue weighted by molar-refractivity contribution is -0.139. The Morgan fingerprint density at radius 3 is 2.28 bits per heavy atom. The number of piperazine rings is 1. The number of carbonyl (C=O) groups is 1. The Morgan fingerprint density at radius 2 is 1.83 bits per heavy atom. The minimum absolute atomic E-state index is 0.0635.